The van der Waals surface area contributed by atoms with Gasteiger partial charge in [0.05, 0.1) is 22.5 Å². The number of halogens is 1. The predicted octanol–water partition coefficient (Wildman–Crippen LogP) is 2.87. The number of hydrogen-bond acceptors (Lipinski definition) is 3. The van der Waals surface area contributed by atoms with Gasteiger partial charge >= 0.3 is 0 Å². The van der Waals surface area contributed by atoms with E-state index in [-0.39, 0.29) is 11.2 Å². The van der Waals surface area contributed by atoms with Crippen LogP contribution in [-0.2, 0) is 4.79 Å². The number of hydrogen-bond donors (Lipinski definition) is 2. The summed E-state index contributed by atoms with van der Waals surface area (Å²) in [6.07, 6.45) is 3.24. The van der Waals surface area contributed by atoms with Crippen molar-refractivity contribution in [2.75, 3.05) is 17.6 Å². The van der Waals surface area contributed by atoms with Gasteiger partial charge in [-0.2, -0.15) is 0 Å². The van der Waals surface area contributed by atoms with Crippen molar-refractivity contribution < 1.29 is 4.79 Å². The molecule has 1 aromatic carbocycles. The maximum absolute atomic E-state index is 12.2. The van der Waals surface area contributed by atoms with Crippen LogP contribution in [0.5, 0.6) is 0 Å². The third-order valence-corrected chi connectivity index (χ3v) is 4.74. The Balaban J connectivity index is 2.09. The number of nitrogens with one attached hydrogen (secondary N) is 1. The highest BCUT2D eigenvalue weighted by Crippen LogP contribution is 2.28. The monoisotopic (exact) mass is 308 g/mol. The van der Waals surface area contributed by atoms with Gasteiger partial charge in [-0.3, -0.25) is 4.79 Å². The first-order valence-electron chi connectivity index (χ1n) is 6.61. The average molecular weight is 309 g/mol. The quantitative estimate of drug-likeness (QED) is 0.826. The van der Waals surface area contributed by atoms with E-state index in [1.165, 1.54) is 6.42 Å². The highest BCUT2D eigenvalue weighted by atomic mass is 35.5. The summed E-state index contributed by atoms with van der Waals surface area (Å²) >= 11 is 7.83. The van der Waals surface area contributed by atoms with Crippen molar-refractivity contribution in [3.63, 3.8) is 0 Å². The number of carbonyl (C=O) groups excluding carboxylic acids is 1. The minimum absolute atomic E-state index is 0.0265. The summed E-state index contributed by atoms with van der Waals surface area (Å²) in [6.45, 7) is 0.309. The molecule has 1 amide bonds. The fourth-order valence-corrected chi connectivity index (χ4v) is 3.38. The first-order valence-corrected chi connectivity index (χ1v) is 8.04. The SMILES string of the molecule is NCC#Cc1ccc(Cl)c(NC(=O)C2CCCCS2)c1. The highest BCUT2D eigenvalue weighted by Gasteiger charge is 2.22. The molecule has 0 aliphatic carbocycles. The average Bonchev–Trinajstić information content (AvgIpc) is 2.49. The number of amides is 1. The van der Waals surface area contributed by atoms with Crippen LogP contribution in [0.2, 0.25) is 5.02 Å². The highest BCUT2D eigenvalue weighted by molar-refractivity contribution is 8.00. The van der Waals surface area contributed by atoms with Crippen molar-refractivity contribution in [3.05, 3.63) is 28.8 Å². The van der Waals surface area contributed by atoms with Crippen molar-refractivity contribution >= 4 is 35.0 Å². The summed E-state index contributed by atoms with van der Waals surface area (Å²) in [6, 6.07) is 5.35. The summed E-state index contributed by atoms with van der Waals surface area (Å²) in [5, 5.41) is 3.46. The number of anilines is 1. The number of benzene rings is 1. The molecule has 1 heterocycles. The molecule has 0 saturated carbocycles. The van der Waals surface area contributed by atoms with Gasteiger partial charge in [0, 0.05) is 5.56 Å². The summed E-state index contributed by atoms with van der Waals surface area (Å²) in [4.78, 5) is 12.2. The molecule has 1 aliphatic rings. The van der Waals surface area contributed by atoms with E-state index in [0.29, 0.717) is 17.3 Å². The summed E-state index contributed by atoms with van der Waals surface area (Å²) in [5.74, 6) is 6.80. The second kappa shape index (κ2) is 7.58. The molecular formula is C15H17ClN2OS. The van der Waals surface area contributed by atoms with E-state index < -0.39 is 0 Å². The zero-order valence-electron chi connectivity index (χ0n) is 11.1. The topological polar surface area (TPSA) is 55.1 Å². The van der Waals surface area contributed by atoms with Gasteiger partial charge in [0.2, 0.25) is 5.91 Å². The smallest absolute Gasteiger partial charge is 0.237 e. The number of carbonyl (C=O) groups is 1. The van der Waals surface area contributed by atoms with Crippen LogP contribution in [0.1, 0.15) is 24.8 Å². The van der Waals surface area contributed by atoms with E-state index in [1.54, 1.807) is 23.9 Å². The molecule has 1 unspecified atom stereocenters. The lowest BCUT2D eigenvalue weighted by Gasteiger charge is -2.20. The van der Waals surface area contributed by atoms with Crippen LogP contribution in [0.25, 0.3) is 0 Å². The Morgan fingerprint density at radius 2 is 2.35 bits per heavy atom. The Morgan fingerprint density at radius 3 is 3.05 bits per heavy atom. The Kier molecular flexibility index (Phi) is 5.78. The minimum atomic E-state index is 0.0265. The fraction of sp³-hybridized carbons (Fsp3) is 0.400. The van der Waals surface area contributed by atoms with Crippen LogP contribution >= 0.6 is 23.4 Å². The van der Waals surface area contributed by atoms with Gasteiger partial charge in [-0.15, -0.1) is 11.8 Å². The molecule has 106 valence electrons. The zero-order valence-corrected chi connectivity index (χ0v) is 12.7. The first-order chi connectivity index (χ1) is 9.70. The fourth-order valence-electron chi connectivity index (χ4n) is 2.01. The Bertz CT molecular complexity index is 545. The van der Waals surface area contributed by atoms with Gasteiger partial charge in [-0.1, -0.05) is 29.9 Å². The van der Waals surface area contributed by atoms with Crippen molar-refractivity contribution in [2.24, 2.45) is 5.73 Å². The number of thioether (sulfide) groups is 1. The van der Waals surface area contributed by atoms with E-state index >= 15 is 0 Å². The van der Waals surface area contributed by atoms with Gasteiger partial charge in [0.25, 0.3) is 0 Å². The van der Waals surface area contributed by atoms with E-state index in [4.69, 9.17) is 17.3 Å². The minimum Gasteiger partial charge on any atom is -0.324 e. The Hall–Kier alpha value is -1.15. The van der Waals surface area contributed by atoms with Crippen LogP contribution in [0.3, 0.4) is 0 Å². The van der Waals surface area contributed by atoms with Crippen molar-refractivity contribution in [1.82, 2.24) is 0 Å². The van der Waals surface area contributed by atoms with Crippen LogP contribution in [0, 0.1) is 11.8 Å². The first kappa shape index (κ1) is 15.2. The van der Waals surface area contributed by atoms with E-state index in [2.05, 4.69) is 17.2 Å². The summed E-state index contributed by atoms with van der Waals surface area (Å²) in [7, 11) is 0. The van der Waals surface area contributed by atoms with Crippen molar-refractivity contribution in [1.29, 1.82) is 0 Å². The predicted molar refractivity (Wildman–Crippen MR) is 86.1 cm³/mol. The van der Waals surface area contributed by atoms with Crippen LogP contribution in [0.4, 0.5) is 5.69 Å². The molecule has 1 atom stereocenters. The lowest BCUT2D eigenvalue weighted by Crippen LogP contribution is -2.27. The molecule has 0 aromatic heterocycles. The lowest BCUT2D eigenvalue weighted by molar-refractivity contribution is -0.115. The maximum atomic E-state index is 12.2. The van der Waals surface area contributed by atoms with Gasteiger partial charge in [0.15, 0.2) is 0 Å². The van der Waals surface area contributed by atoms with Crippen molar-refractivity contribution in [2.45, 2.75) is 24.5 Å². The van der Waals surface area contributed by atoms with E-state index in [9.17, 15) is 4.79 Å². The van der Waals surface area contributed by atoms with Crippen LogP contribution in [-0.4, -0.2) is 23.5 Å². The standard InChI is InChI=1S/C15H17ClN2OS/c16-12-7-6-11(4-3-8-17)10-13(12)18-15(19)14-5-1-2-9-20-14/h6-7,10,14H,1-2,5,8-9,17H2,(H,18,19). The maximum Gasteiger partial charge on any atom is 0.237 e. The van der Waals surface area contributed by atoms with Crippen LogP contribution in [0.15, 0.2) is 18.2 Å². The second-order valence-electron chi connectivity index (χ2n) is 4.54. The largest absolute Gasteiger partial charge is 0.324 e. The lowest BCUT2D eigenvalue weighted by atomic mass is 10.1. The molecule has 0 radical (unpaired) electrons. The van der Waals surface area contributed by atoms with Crippen LogP contribution < -0.4 is 11.1 Å². The molecule has 3 N–H and O–H groups in total. The Labute approximate surface area is 128 Å². The summed E-state index contributed by atoms with van der Waals surface area (Å²) < 4.78 is 0. The van der Waals surface area contributed by atoms with Gasteiger partial charge < -0.3 is 11.1 Å². The van der Waals surface area contributed by atoms with Gasteiger partial charge in [-0.25, -0.2) is 0 Å². The second-order valence-corrected chi connectivity index (χ2v) is 6.26. The number of nitrogens with two attached hydrogens (primary N) is 1. The molecule has 2 rings (SSSR count). The molecule has 3 nitrogen and oxygen atoms in total. The molecule has 0 spiro atoms. The van der Waals surface area contributed by atoms with Gasteiger partial charge in [-0.05, 0) is 36.8 Å². The number of rotatable bonds is 2. The third-order valence-electron chi connectivity index (χ3n) is 3.03. The van der Waals surface area contributed by atoms with E-state index in [1.807, 2.05) is 6.07 Å². The molecule has 20 heavy (non-hydrogen) atoms. The summed E-state index contributed by atoms with van der Waals surface area (Å²) in [5.41, 5.74) is 6.77. The molecule has 1 aliphatic heterocycles. The molecule has 1 aromatic rings. The zero-order chi connectivity index (χ0) is 14.4. The van der Waals surface area contributed by atoms with Crippen molar-refractivity contribution in [3.8, 4) is 11.8 Å². The molecule has 1 saturated heterocycles. The molecular weight excluding hydrogens is 292 g/mol. The molecule has 1 fully saturated rings. The van der Waals surface area contributed by atoms with Gasteiger partial charge in [0.1, 0.15) is 0 Å². The normalized spacial score (nSPS) is 18.0. The molecule has 5 heteroatoms. The third kappa shape index (κ3) is 4.17. The molecule has 0 bridgehead atoms. The van der Waals surface area contributed by atoms with E-state index in [0.717, 1.165) is 24.2 Å². The Morgan fingerprint density at radius 1 is 1.50 bits per heavy atom.